The summed E-state index contributed by atoms with van der Waals surface area (Å²) in [6.07, 6.45) is 5.94. The molecule has 0 N–H and O–H groups in total. The Morgan fingerprint density at radius 1 is 0.786 bits per heavy atom. The fraction of sp³-hybridized carbons (Fsp3) is 0.500. The molecule has 28 heavy (non-hydrogen) atoms. The van der Waals surface area contributed by atoms with E-state index in [4.69, 9.17) is 0 Å². The van der Waals surface area contributed by atoms with Crippen molar-refractivity contribution in [3.8, 4) is 0 Å². The summed E-state index contributed by atoms with van der Waals surface area (Å²) in [5.41, 5.74) is 0. The lowest BCUT2D eigenvalue weighted by Crippen LogP contribution is -2.51. The number of hydrogen-bond acceptors (Lipinski definition) is 7. The zero-order valence-electron chi connectivity index (χ0n) is 16.2. The third-order valence-electron chi connectivity index (χ3n) is 5.45. The van der Waals surface area contributed by atoms with Gasteiger partial charge < -0.3 is 14.7 Å². The molecule has 4 heterocycles. The highest BCUT2D eigenvalue weighted by molar-refractivity contribution is 5.76. The highest BCUT2D eigenvalue weighted by atomic mass is 16.2. The molecule has 2 fully saturated rings. The van der Waals surface area contributed by atoms with Gasteiger partial charge in [0.15, 0.2) is 0 Å². The summed E-state index contributed by atoms with van der Waals surface area (Å²) in [6.45, 7) is 7.76. The van der Waals surface area contributed by atoms with Gasteiger partial charge in [0.2, 0.25) is 11.9 Å². The molecular formula is C20H27N7O. The van der Waals surface area contributed by atoms with Crippen LogP contribution in [0, 0.1) is 0 Å². The second-order valence-corrected chi connectivity index (χ2v) is 7.18. The molecule has 2 aromatic rings. The summed E-state index contributed by atoms with van der Waals surface area (Å²) in [5.74, 6) is 2.04. The molecule has 0 spiro atoms. The Labute approximate surface area is 165 Å². The number of carbonyl (C=O) groups excluding carboxylic acids is 1. The summed E-state index contributed by atoms with van der Waals surface area (Å²) >= 11 is 0. The van der Waals surface area contributed by atoms with E-state index < -0.39 is 0 Å². The fourth-order valence-corrected chi connectivity index (χ4v) is 3.76. The third kappa shape index (κ3) is 4.56. The third-order valence-corrected chi connectivity index (χ3v) is 5.45. The molecule has 2 aliphatic rings. The molecule has 8 heteroatoms. The lowest BCUT2D eigenvalue weighted by Gasteiger charge is -2.37. The zero-order chi connectivity index (χ0) is 19.2. The monoisotopic (exact) mass is 381 g/mol. The maximum Gasteiger partial charge on any atom is 0.225 e. The van der Waals surface area contributed by atoms with Gasteiger partial charge in [0.05, 0.1) is 0 Å². The van der Waals surface area contributed by atoms with Crippen LogP contribution in [0.4, 0.5) is 11.8 Å². The molecule has 0 saturated carbocycles. The average molecular weight is 381 g/mol. The van der Waals surface area contributed by atoms with Crippen molar-refractivity contribution >= 4 is 17.7 Å². The zero-order valence-corrected chi connectivity index (χ0v) is 16.2. The van der Waals surface area contributed by atoms with Crippen molar-refractivity contribution in [2.75, 3.05) is 68.7 Å². The number of aromatic nitrogens is 3. The molecule has 0 radical (unpaired) electrons. The minimum absolute atomic E-state index is 0.251. The summed E-state index contributed by atoms with van der Waals surface area (Å²) in [4.78, 5) is 34.4. The maximum atomic E-state index is 12.6. The standard InChI is InChI=1S/C20H27N7O/c28-19(26-14-16-27(17-15-26)20-22-7-3-8-23-20)5-9-24-10-12-25(13-11-24)18-4-1-2-6-21-18/h1-4,6-8H,5,9-17H2. The van der Waals surface area contributed by atoms with Gasteiger partial charge >= 0.3 is 0 Å². The number of amides is 1. The topological polar surface area (TPSA) is 68.7 Å². The second kappa shape index (κ2) is 8.97. The summed E-state index contributed by atoms with van der Waals surface area (Å²) in [6, 6.07) is 7.84. The van der Waals surface area contributed by atoms with Crippen molar-refractivity contribution in [3.63, 3.8) is 0 Å². The van der Waals surface area contributed by atoms with Gasteiger partial charge in [-0.05, 0) is 18.2 Å². The number of nitrogens with zero attached hydrogens (tertiary/aromatic N) is 7. The van der Waals surface area contributed by atoms with Gasteiger partial charge in [0.25, 0.3) is 0 Å². The van der Waals surface area contributed by atoms with Crippen LogP contribution in [0.3, 0.4) is 0 Å². The predicted molar refractivity (Wildman–Crippen MR) is 108 cm³/mol. The predicted octanol–water partition coefficient (Wildman–Crippen LogP) is 0.733. The van der Waals surface area contributed by atoms with Crippen LogP contribution in [-0.2, 0) is 4.79 Å². The molecule has 0 aliphatic carbocycles. The Morgan fingerprint density at radius 2 is 1.46 bits per heavy atom. The second-order valence-electron chi connectivity index (χ2n) is 7.18. The molecule has 0 unspecified atom stereocenters. The van der Waals surface area contributed by atoms with Gasteiger partial charge in [-0.3, -0.25) is 9.69 Å². The summed E-state index contributed by atoms with van der Waals surface area (Å²) in [5, 5.41) is 0. The number of anilines is 2. The Bertz CT molecular complexity index is 742. The van der Waals surface area contributed by atoms with Crippen molar-refractivity contribution in [1.82, 2.24) is 24.8 Å². The Kier molecular flexibility index (Phi) is 5.96. The van der Waals surface area contributed by atoms with E-state index in [9.17, 15) is 4.79 Å². The van der Waals surface area contributed by atoms with Gasteiger partial charge in [-0.2, -0.15) is 0 Å². The van der Waals surface area contributed by atoms with E-state index >= 15 is 0 Å². The molecule has 4 rings (SSSR count). The van der Waals surface area contributed by atoms with Crippen LogP contribution in [0.5, 0.6) is 0 Å². The number of carbonyl (C=O) groups is 1. The number of hydrogen-bond donors (Lipinski definition) is 0. The number of pyridine rings is 1. The molecule has 2 aromatic heterocycles. The van der Waals surface area contributed by atoms with Gasteiger partial charge in [-0.1, -0.05) is 6.07 Å². The van der Waals surface area contributed by atoms with Crippen molar-refractivity contribution < 1.29 is 4.79 Å². The van der Waals surface area contributed by atoms with Crippen LogP contribution in [-0.4, -0.2) is 89.6 Å². The van der Waals surface area contributed by atoms with Gasteiger partial charge in [-0.25, -0.2) is 15.0 Å². The molecule has 148 valence electrons. The molecule has 0 bridgehead atoms. The first kappa shape index (κ1) is 18.6. The van der Waals surface area contributed by atoms with E-state index in [-0.39, 0.29) is 5.91 Å². The van der Waals surface area contributed by atoms with E-state index in [0.29, 0.717) is 6.42 Å². The Morgan fingerprint density at radius 3 is 2.14 bits per heavy atom. The Balaban J connectivity index is 1.18. The smallest absolute Gasteiger partial charge is 0.225 e. The van der Waals surface area contributed by atoms with Gasteiger partial charge in [0.1, 0.15) is 5.82 Å². The number of rotatable bonds is 5. The molecule has 2 saturated heterocycles. The van der Waals surface area contributed by atoms with Crippen LogP contribution in [0.2, 0.25) is 0 Å². The van der Waals surface area contributed by atoms with Crippen molar-refractivity contribution in [3.05, 3.63) is 42.9 Å². The first-order valence-electron chi connectivity index (χ1n) is 9.98. The molecule has 2 aliphatic heterocycles. The van der Waals surface area contributed by atoms with Gasteiger partial charge in [0, 0.05) is 83.9 Å². The highest BCUT2D eigenvalue weighted by Crippen LogP contribution is 2.14. The highest BCUT2D eigenvalue weighted by Gasteiger charge is 2.24. The lowest BCUT2D eigenvalue weighted by molar-refractivity contribution is -0.131. The summed E-state index contributed by atoms with van der Waals surface area (Å²) < 4.78 is 0. The maximum absolute atomic E-state index is 12.6. The fourth-order valence-electron chi connectivity index (χ4n) is 3.76. The van der Waals surface area contributed by atoms with Crippen LogP contribution in [0.1, 0.15) is 6.42 Å². The molecular weight excluding hydrogens is 354 g/mol. The van der Waals surface area contributed by atoms with E-state index in [1.165, 1.54) is 0 Å². The first-order valence-corrected chi connectivity index (χ1v) is 9.98. The Hall–Kier alpha value is -2.74. The normalized spacial score (nSPS) is 18.4. The van der Waals surface area contributed by atoms with E-state index in [2.05, 4.69) is 35.7 Å². The number of piperazine rings is 2. The van der Waals surface area contributed by atoms with Gasteiger partial charge in [-0.15, -0.1) is 0 Å². The SMILES string of the molecule is O=C(CCN1CCN(c2ccccn2)CC1)N1CCN(c2ncccn2)CC1. The van der Waals surface area contributed by atoms with Crippen molar-refractivity contribution in [1.29, 1.82) is 0 Å². The van der Waals surface area contributed by atoms with E-state index in [1.807, 2.05) is 29.3 Å². The first-order chi connectivity index (χ1) is 13.8. The molecule has 8 nitrogen and oxygen atoms in total. The van der Waals surface area contributed by atoms with Crippen LogP contribution < -0.4 is 9.80 Å². The molecule has 0 atom stereocenters. The largest absolute Gasteiger partial charge is 0.354 e. The van der Waals surface area contributed by atoms with Crippen LogP contribution in [0.15, 0.2) is 42.9 Å². The van der Waals surface area contributed by atoms with Crippen molar-refractivity contribution in [2.24, 2.45) is 0 Å². The van der Waals surface area contributed by atoms with Crippen LogP contribution in [0.25, 0.3) is 0 Å². The quantitative estimate of drug-likeness (QED) is 0.756. The lowest BCUT2D eigenvalue weighted by atomic mass is 10.2. The minimum atomic E-state index is 0.251. The van der Waals surface area contributed by atoms with Crippen LogP contribution >= 0.6 is 0 Å². The van der Waals surface area contributed by atoms with E-state index in [0.717, 1.165) is 70.7 Å². The van der Waals surface area contributed by atoms with Crippen molar-refractivity contribution in [2.45, 2.75) is 6.42 Å². The average Bonchev–Trinajstić information content (AvgIpc) is 2.79. The minimum Gasteiger partial charge on any atom is -0.354 e. The molecule has 1 amide bonds. The molecule has 0 aromatic carbocycles. The summed E-state index contributed by atoms with van der Waals surface area (Å²) in [7, 11) is 0. The van der Waals surface area contributed by atoms with E-state index in [1.54, 1.807) is 12.4 Å².